The summed E-state index contributed by atoms with van der Waals surface area (Å²) < 4.78 is 553. The van der Waals surface area contributed by atoms with Crippen molar-refractivity contribution in [1.29, 1.82) is 0 Å². The SMILES string of the molecule is CCCCCCCCCCCCCCCCCC(=O)NCCCOC1O[C@H](COS(=O)(=O)O)C(OC2O[C@H](COS(=O)(=O)O)C(OC3O[C@H](COS(=O)(=O)O)C(OC4O[C@H](COS(=O)(=O)O)[C@@H](OS(=O)(=O)O)[C@H](OS(=O)(=O)O)[C@H]4OS(=O)(=O)O)[C@H](OS(=O)(=O)O)[C@H]3OS(=O)(=O)O)[C@H](OS(=O)(=O)O)[C@H]2OS(=O)(=O)O)[C@H](OS(=O)(=O)O)[C@H]1OS(=O)(=O)O. The topological polar surface area (TPSA) is 930 Å². The lowest BCUT2D eigenvalue weighted by molar-refractivity contribution is -0.378. The van der Waals surface area contributed by atoms with E-state index < -0.39 is 303 Å². The van der Waals surface area contributed by atoms with Crippen molar-refractivity contribution in [3.63, 3.8) is 0 Å². The molecule has 4 saturated heterocycles. The molecule has 4 rings (SSSR count). The first-order valence-corrected chi connectivity index (χ1v) is 51.1. The molecule has 1 amide bonds. The van der Waals surface area contributed by atoms with Crippen LogP contribution in [0.25, 0.3) is 0 Å². The van der Waals surface area contributed by atoms with Crippen LogP contribution in [0.1, 0.15) is 116 Å². The summed E-state index contributed by atoms with van der Waals surface area (Å²) in [5, 5.41) is 2.48. The highest BCUT2D eigenvalue weighted by Gasteiger charge is 2.63. The Morgan fingerprint density at radius 3 is 0.717 bits per heavy atom. The van der Waals surface area contributed by atoms with Crippen LogP contribution < -0.4 is 5.32 Å². The van der Waals surface area contributed by atoms with Gasteiger partial charge in [0.15, 0.2) is 49.6 Å². The molecule has 20 atom stereocenters. The maximum atomic E-state index is 13.0. The minimum atomic E-state index is -6.79. The van der Waals surface area contributed by atoms with Crippen molar-refractivity contribution >= 4 is 141 Å². The number of carbonyl (C=O) groups is 1. The van der Waals surface area contributed by atoms with Gasteiger partial charge < -0.3 is 43.2 Å². The number of hydrogen-bond acceptors (Lipinski definition) is 48. The van der Waals surface area contributed by atoms with Gasteiger partial charge in [-0.2, -0.15) is 109 Å². The first-order chi connectivity index (χ1) is 54.5. The van der Waals surface area contributed by atoms with E-state index in [-0.39, 0.29) is 13.0 Å². The van der Waals surface area contributed by atoms with Crippen molar-refractivity contribution < 1.29 is 266 Å². The lowest BCUT2D eigenvalue weighted by Gasteiger charge is -2.50. The maximum absolute atomic E-state index is 13.0. The zero-order valence-corrected chi connectivity index (χ0v) is 71.1. The van der Waals surface area contributed by atoms with Gasteiger partial charge in [-0.05, 0) is 12.8 Å². The number of amides is 1. The van der Waals surface area contributed by atoms with Crippen LogP contribution in [0.15, 0.2) is 0 Å². The monoisotopic (exact) mass is 2030 g/mol. The molecule has 0 aromatic heterocycles. The molecule has 4 heterocycles. The zero-order valence-electron chi connectivity index (χ0n) is 60.5. The molecule has 0 aliphatic carbocycles. The molecule has 0 saturated carbocycles. The molecular formula is C45H83NO61S13. The third-order valence-corrected chi connectivity index (χ3v) is 21.7. The Kier molecular flexibility index (Phi) is 42.2. The molecule has 0 spiro atoms. The average Bonchev–Trinajstić information content (AvgIpc) is 0.441. The lowest BCUT2D eigenvalue weighted by atomic mass is 9.95. The van der Waals surface area contributed by atoms with E-state index in [0.29, 0.717) is 12.8 Å². The molecule has 75 heteroatoms. The van der Waals surface area contributed by atoms with Gasteiger partial charge in [-0.25, -0.2) is 54.4 Å². The summed E-state index contributed by atoms with van der Waals surface area (Å²) in [6.07, 6.45) is -56.3. The molecular weight excluding hydrogens is 1950 g/mol. The fraction of sp³-hybridized carbons (Fsp3) is 0.978. The van der Waals surface area contributed by atoms with Gasteiger partial charge in [0.05, 0.1) is 33.0 Å². The van der Waals surface area contributed by atoms with E-state index in [4.69, 9.17) is 37.9 Å². The van der Waals surface area contributed by atoms with Gasteiger partial charge in [-0.15, -0.1) is 0 Å². The average molecular weight is 2030 g/mol. The van der Waals surface area contributed by atoms with Gasteiger partial charge in [0.1, 0.15) is 73.2 Å². The molecule has 7 unspecified atom stereocenters. The Hall–Kier alpha value is -2.54. The summed E-state index contributed by atoms with van der Waals surface area (Å²) >= 11 is 0. The normalized spacial score (nSPS) is 29.0. The summed E-state index contributed by atoms with van der Waals surface area (Å²) in [5.41, 5.74) is 0. The van der Waals surface area contributed by atoms with Gasteiger partial charge in [-0.1, -0.05) is 96.8 Å². The maximum Gasteiger partial charge on any atom is 0.397 e. The first kappa shape index (κ1) is 110. The summed E-state index contributed by atoms with van der Waals surface area (Å²) in [6.45, 7) is -8.07. The summed E-state index contributed by atoms with van der Waals surface area (Å²) in [4.78, 5) is 12.8. The number of ether oxygens (including phenoxy) is 8. The van der Waals surface area contributed by atoms with Crippen LogP contribution in [0, 0.1) is 0 Å². The molecule has 0 aromatic carbocycles. The van der Waals surface area contributed by atoms with Crippen molar-refractivity contribution in [3.05, 3.63) is 0 Å². The fourth-order valence-corrected chi connectivity index (χ4v) is 17.2. The predicted octanol–water partition coefficient (Wildman–Crippen LogP) is -5.20. The Labute approximate surface area is 686 Å². The van der Waals surface area contributed by atoms with Crippen LogP contribution in [-0.2, 0) is 232 Å². The highest BCUT2D eigenvalue weighted by atomic mass is 32.3. The van der Waals surface area contributed by atoms with Crippen LogP contribution in [-0.4, -0.2) is 337 Å². The third kappa shape index (κ3) is 44.9. The van der Waals surface area contributed by atoms with E-state index in [0.717, 1.165) is 51.4 Å². The summed E-state index contributed by atoms with van der Waals surface area (Å²) in [5.74, 6) is -0.542. The highest BCUT2D eigenvalue weighted by molar-refractivity contribution is 7.83. The standard InChI is InChI=1S/C45H83NO61S13/c1-2-3-4-5-6-7-8-9-10-11-12-13-14-15-16-18-29(47)46-19-17-20-87-42-38(104-117(75,76)77)34(100-113(63,64)65)30(25(92-42)21-88-108(48,49)50)96-43-39(105-118(78,79)80)35(101-114(66,67)68)31(26(93-43)22-89-109(51,52)53)97-44-40(106-119(81,82)83)36(102-115(69,70)71)32(27(94-44)23-90-110(54,55)56)98-45-41(107-120(84,85)86)37(103-116(72,73)74)33(99-112(60,61)62)28(95-45)24-91-111(57,58)59/h25-28,30-45H,2-24H2,1H3,(H,46,47)(H,48,49,50)(H,51,52,53)(H,54,55,56)(H,57,58,59)(H,60,61,62)(H,63,64,65)(H,66,67,68)(H,69,70,71)(H,72,73,74)(H,75,76,77)(H,78,79,80)(H,81,82,83)(H,84,85,86)/t25-,26-,27-,28-,30?,31?,32?,33-,34+,35+,36+,37+,38-,39-,40-,41-,42?,43?,44?,45?/m1/s1. The molecule has 0 aromatic rings. The van der Waals surface area contributed by atoms with Crippen molar-refractivity contribution in [2.24, 2.45) is 0 Å². The van der Waals surface area contributed by atoms with Crippen molar-refractivity contribution in [2.45, 2.75) is 239 Å². The molecule has 4 aliphatic rings. The van der Waals surface area contributed by atoms with Crippen LogP contribution in [0.5, 0.6) is 0 Å². The minimum Gasteiger partial charge on any atom is -0.356 e. The third-order valence-electron chi connectivity index (χ3n) is 15.8. The van der Waals surface area contributed by atoms with E-state index in [2.05, 4.69) is 66.6 Å². The van der Waals surface area contributed by atoms with Crippen LogP contribution in [0.3, 0.4) is 0 Å². The van der Waals surface area contributed by atoms with Gasteiger partial charge >= 0.3 is 135 Å². The van der Waals surface area contributed by atoms with Crippen molar-refractivity contribution in [3.8, 4) is 0 Å². The lowest BCUT2D eigenvalue weighted by Crippen LogP contribution is -2.69. The van der Waals surface area contributed by atoms with E-state index in [1.165, 1.54) is 32.1 Å². The van der Waals surface area contributed by atoms with E-state index in [1.807, 2.05) is 0 Å². The van der Waals surface area contributed by atoms with Crippen molar-refractivity contribution in [2.75, 3.05) is 39.6 Å². The number of nitrogens with one attached hydrogen (secondary N) is 1. The van der Waals surface area contributed by atoms with Gasteiger partial charge in [0.25, 0.3) is 0 Å². The fourth-order valence-electron chi connectivity index (χ4n) is 11.6. The molecule has 712 valence electrons. The van der Waals surface area contributed by atoms with Crippen LogP contribution >= 0.6 is 0 Å². The molecule has 62 nitrogen and oxygen atoms in total. The van der Waals surface area contributed by atoms with Crippen LogP contribution in [0.2, 0.25) is 0 Å². The second kappa shape index (κ2) is 46.1. The Bertz CT molecular complexity index is 4880. The predicted molar refractivity (Wildman–Crippen MR) is 370 cm³/mol. The molecule has 120 heavy (non-hydrogen) atoms. The van der Waals surface area contributed by atoms with E-state index in [9.17, 15) is 173 Å². The van der Waals surface area contributed by atoms with E-state index >= 15 is 0 Å². The second-order valence-electron chi connectivity index (χ2n) is 25.0. The molecule has 14 N–H and O–H groups in total. The molecule has 4 aliphatic heterocycles. The number of carbonyl (C=O) groups excluding carboxylic acids is 1. The Morgan fingerprint density at radius 2 is 0.467 bits per heavy atom. The van der Waals surface area contributed by atoms with Gasteiger partial charge in [-0.3, -0.25) is 64.0 Å². The second-order valence-corrected chi connectivity index (χ2v) is 38.8. The van der Waals surface area contributed by atoms with E-state index in [1.54, 1.807) is 0 Å². The molecule has 4 fully saturated rings. The Morgan fingerprint density at radius 1 is 0.258 bits per heavy atom. The minimum absolute atomic E-state index is 0.0215. The van der Waals surface area contributed by atoms with Crippen molar-refractivity contribution in [1.82, 2.24) is 5.32 Å². The van der Waals surface area contributed by atoms with Gasteiger partial charge in [0.2, 0.25) is 5.91 Å². The molecule has 0 radical (unpaired) electrons. The zero-order chi connectivity index (χ0) is 91.4. The highest BCUT2D eigenvalue weighted by Crippen LogP contribution is 2.42. The first-order valence-electron chi connectivity index (χ1n) is 33.3. The number of unbranched alkanes of at least 4 members (excludes halogenated alkanes) is 14. The van der Waals surface area contributed by atoms with Gasteiger partial charge in [0, 0.05) is 13.0 Å². The summed E-state index contributed by atoms with van der Waals surface area (Å²) in [6, 6.07) is 0. The quantitative estimate of drug-likeness (QED) is 0.0200. The van der Waals surface area contributed by atoms with Crippen LogP contribution in [0.4, 0.5) is 0 Å². The number of rotatable bonds is 57. The smallest absolute Gasteiger partial charge is 0.356 e. The Balaban J connectivity index is 1.95. The molecule has 0 bridgehead atoms. The largest absolute Gasteiger partial charge is 0.397 e. The summed E-state index contributed by atoms with van der Waals surface area (Å²) in [7, 11) is -83.7. The number of hydrogen-bond donors (Lipinski definition) is 14.